The summed E-state index contributed by atoms with van der Waals surface area (Å²) in [6.45, 7) is 4.97. The van der Waals surface area contributed by atoms with E-state index < -0.39 is 0 Å². The average molecular weight is 436 g/mol. The second kappa shape index (κ2) is 8.51. The molecule has 0 aliphatic heterocycles. The van der Waals surface area contributed by atoms with Gasteiger partial charge in [-0.15, -0.1) is 0 Å². The quantitative estimate of drug-likeness (QED) is 0.251. The molecule has 31 heavy (non-hydrogen) atoms. The highest BCUT2D eigenvalue weighted by Crippen LogP contribution is 2.21. The van der Waals surface area contributed by atoms with Gasteiger partial charge in [0.2, 0.25) is 0 Å². The zero-order valence-corrected chi connectivity index (χ0v) is 18.4. The van der Waals surface area contributed by atoms with Gasteiger partial charge in [0.1, 0.15) is 11.5 Å². The van der Waals surface area contributed by atoms with Gasteiger partial charge in [0.05, 0.1) is 5.39 Å². The van der Waals surface area contributed by atoms with E-state index >= 15 is 0 Å². The van der Waals surface area contributed by atoms with Crippen molar-refractivity contribution in [2.75, 3.05) is 6.26 Å². The van der Waals surface area contributed by atoms with Crippen LogP contribution in [0.3, 0.4) is 0 Å². The van der Waals surface area contributed by atoms with Crippen molar-refractivity contribution in [1.82, 2.24) is 14.1 Å². The third-order valence-electron chi connectivity index (χ3n) is 5.31. The maximum absolute atomic E-state index is 13.1. The topological polar surface area (TPSA) is 56.9 Å². The van der Waals surface area contributed by atoms with Crippen molar-refractivity contribution in [2.24, 2.45) is 0 Å². The molecule has 0 spiro atoms. The lowest BCUT2D eigenvalue weighted by molar-refractivity contribution is 0.103. The Balaban J connectivity index is 1.65. The molecule has 2 aromatic carbocycles. The van der Waals surface area contributed by atoms with Gasteiger partial charge in [-0.2, -0.15) is 0 Å². The van der Waals surface area contributed by atoms with E-state index in [1.807, 2.05) is 43.0 Å². The summed E-state index contributed by atoms with van der Waals surface area (Å²) >= 11 is 1.45. The lowest BCUT2D eigenvalue weighted by Crippen LogP contribution is -2.22. The summed E-state index contributed by atoms with van der Waals surface area (Å²) in [5, 5.41) is 1.34. The van der Waals surface area contributed by atoms with E-state index in [0.717, 1.165) is 11.1 Å². The monoisotopic (exact) mass is 435 g/mol. The highest BCUT2D eigenvalue weighted by Gasteiger charge is 2.16. The van der Waals surface area contributed by atoms with Crippen LogP contribution in [0.25, 0.3) is 11.0 Å². The Labute approximate surface area is 183 Å². The van der Waals surface area contributed by atoms with Crippen LogP contribution in [0.1, 0.15) is 34.0 Å². The molecule has 4 aromatic rings. The number of thioether (sulfide) groups is 1. The van der Waals surface area contributed by atoms with Gasteiger partial charge in [0.25, 0.3) is 5.56 Å². The fourth-order valence-corrected chi connectivity index (χ4v) is 4.33. The normalized spacial score (nSPS) is 11.2. The standard InChI is InChI=1S/C24H22FN3O2S/c1-4-28-23(30)20-15(2)13-27(22(20)26-24(28)31-3)14-16-5-7-17(8-6-16)21(29)18-9-11-19(25)12-10-18/h5-13H,4,14H2,1-3H3. The van der Waals surface area contributed by atoms with E-state index in [4.69, 9.17) is 4.98 Å². The van der Waals surface area contributed by atoms with E-state index in [-0.39, 0.29) is 17.2 Å². The Hall–Kier alpha value is -3.19. The van der Waals surface area contributed by atoms with Crippen LogP contribution >= 0.6 is 11.8 Å². The predicted molar refractivity (Wildman–Crippen MR) is 122 cm³/mol. The predicted octanol–water partition coefficient (Wildman–Crippen LogP) is 4.67. The molecular weight excluding hydrogens is 413 g/mol. The first-order chi connectivity index (χ1) is 14.9. The molecule has 0 atom stereocenters. The molecule has 4 rings (SSSR count). The van der Waals surface area contributed by atoms with Crippen LogP contribution < -0.4 is 5.56 Å². The number of halogens is 1. The molecule has 2 aromatic heterocycles. The van der Waals surface area contributed by atoms with Crippen LogP contribution in [0.15, 0.2) is 64.7 Å². The van der Waals surface area contributed by atoms with Crippen molar-refractivity contribution in [3.05, 3.63) is 93.2 Å². The molecule has 0 amide bonds. The molecule has 0 unspecified atom stereocenters. The van der Waals surface area contributed by atoms with Crippen molar-refractivity contribution in [2.45, 2.75) is 32.1 Å². The molecule has 0 saturated heterocycles. The number of carbonyl (C=O) groups excluding carboxylic acids is 1. The van der Waals surface area contributed by atoms with Gasteiger partial charge < -0.3 is 4.57 Å². The van der Waals surface area contributed by atoms with E-state index in [1.54, 1.807) is 16.7 Å². The molecule has 0 aliphatic carbocycles. The molecule has 5 nitrogen and oxygen atoms in total. The molecular formula is C24H22FN3O2S. The molecule has 7 heteroatoms. The van der Waals surface area contributed by atoms with Crippen molar-refractivity contribution < 1.29 is 9.18 Å². The highest BCUT2D eigenvalue weighted by atomic mass is 32.2. The minimum atomic E-state index is -0.370. The van der Waals surface area contributed by atoms with E-state index in [1.165, 1.54) is 36.0 Å². The summed E-state index contributed by atoms with van der Waals surface area (Å²) in [7, 11) is 0. The summed E-state index contributed by atoms with van der Waals surface area (Å²) in [6.07, 6.45) is 3.86. The fourth-order valence-electron chi connectivity index (χ4n) is 3.72. The third kappa shape index (κ3) is 3.93. The second-order valence-corrected chi connectivity index (χ2v) is 8.09. The number of hydrogen-bond donors (Lipinski definition) is 0. The van der Waals surface area contributed by atoms with Gasteiger partial charge in [-0.25, -0.2) is 9.37 Å². The minimum absolute atomic E-state index is 0.0201. The lowest BCUT2D eigenvalue weighted by atomic mass is 10.0. The van der Waals surface area contributed by atoms with Crippen molar-refractivity contribution in [1.29, 1.82) is 0 Å². The van der Waals surface area contributed by atoms with Gasteiger partial charge in [0, 0.05) is 30.4 Å². The summed E-state index contributed by atoms with van der Waals surface area (Å²) in [5.74, 6) is -0.523. The Morgan fingerprint density at radius 2 is 1.68 bits per heavy atom. The van der Waals surface area contributed by atoms with E-state index in [9.17, 15) is 14.0 Å². The number of ketones is 1. The Kier molecular flexibility index (Phi) is 5.78. The first-order valence-electron chi connectivity index (χ1n) is 9.96. The SMILES string of the molecule is CCn1c(SC)nc2c(c(C)cn2Cc2ccc(C(=O)c3ccc(F)cc3)cc2)c1=O. The van der Waals surface area contributed by atoms with Crippen LogP contribution in [-0.4, -0.2) is 26.2 Å². The molecule has 0 aliphatic rings. The van der Waals surface area contributed by atoms with Gasteiger partial charge in [-0.05, 0) is 55.5 Å². The van der Waals surface area contributed by atoms with E-state index in [2.05, 4.69) is 0 Å². The Morgan fingerprint density at radius 3 is 2.26 bits per heavy atom. The molecule has 158 valence electrons. The number of rotatable bonds is 6. The smallest absolute Gasteiger partial charge is 0.263 e. The summed E-state index contributed by atoms with van der Waals surface area (Å²) < 4.78 is 16.8. The van der Waals surface area contributed by atoms with E-state index in [0.29, 0.717) is 40.4 Å². The number of benzene rings is 2. The van der Waals surface area contributed by atoms with Crippen molar-refractivity contribution >= 4 is 28.6 Å². The van der Waals surface area contributed by atoms with Crippen LogP contribution in [-0.2, 0) is 13.1 Å². The average Bonchev–Trinajstić information content (AvgIpc) is 3.09. The third-order valence-corrected chi connectivity index (χ3v) is 5.98. The second-order valence-electron chi connectivity index (χ2n) is 7.32. The Bertz CT molecular complexity index is 1320. The van der Waals surface area contributed by atoms with Gasteiger partial charge in [-0.3, -0.25) is 14.2 Å². The molecule has 2 heterocycles. The number of aromatic nitrogens is 3. The molecule has 0 bridgehead atoms. The Morgan fingerprint density at radius 1 is 1.06 bits per heavy atom. The first kappa shape index (κ1) is 21.1. The largest absolute Gasteiger partial charge is 0.328 e. The van der Waals surface area contributed by atoms with Crippen molar-refractivity contribution in [3.8, 4) is 0 Å². The maximum Gasteiger partial charge on any atom is 0.263 e. The molecule has 0 radical (unpaired) electrons. The molecule has 0 N–H and O–H groups in total. The minimum Gasteiger partial charge on any atom is -0.328 e. The van der Waals surface area contributed by atoms with Gasteiger partial charge in [-0.1, -0.05) is 36.0 Å². The first-order valence-corrected chi connectivity index (χ1v) is 11.2. The van der Waals surface area contributed by atoms with Crippen molar-refractivity contribution in [3.63, 3.8) is 0 Å². The maximum atomic E-state index is 13.1. The summed E-state index contributed by atoms with van der Waals surface area (Å²) in [6, 6.07) is 12.8. The van der Waals surface area contributed by atoms with Crippen LogP contribution in [0, 0.1) is 12.7 Å². The summed E-state index contributed by atoms with van der Waals surface area (Å²) in [4.78, 5) is 30.3. The van der Waals surface area contributed by atoms with Gasteiger partial charge >= 0.3 is 0 Å². The van der Waals surface area contributed by atoms with Crippen LogP contribution in [0.2, 0.25) is 0 Å². The number of aryl methyl sites for hydroxylation is 1. The zero-order valence-electron chi connectivity index (χ0n) is 17.6. The zero-order chi connectivity index (χ0) is 22.1. The number of hydrogen-bond acceptors (Lipinski definition) is 4. The molecule has 0 fully saturated rings. The number of nitrogens with zero attached hydrogens (tertiary/aromatic N) is 3. The fraction of sp³-hybridized carbons (Fsp3) is 0.208. The van der Waals surface area contributed by atoms with Gasteiger partial charge in [0.15, 0.2) is 10.9 Å². The van der Waals surface area contributed by atoms with Crippen LogP contribution in [0.5, 0.6) is 0 Å². The number of fused-ring (bicyclic) bond motifs is 1. The summed E-state index contributed by atoms with van der Waals surface area (Å²) in [5.41, 5.74) is 3.52. The highest BCUT2D eigenvalue weighted by molar-refractivity contribution is 7.98. The number of carbonyl (C=O) groups is 1. The molecule has 0 saturated carbocycles. The van der Waals surface area contributed by atoms with Crippen LogP contribution in [0.4, 0.5) is 4.39 Å². The lowest BCUT2D eigenvalue weighted by Gasteiger charge is -2.10.